The number of carbonyl (C=O) groups excluding carboxylic acids is 2. The van der Waals surface area contributed by atoms with E-state index < -0.39 is 5.54 Å². The van der Waals surface area contributed by atoms with Gasteiger partial charge in [0.2, 0.25) is 11.8 Å². The van der Waals surface area contributed by atoms with Crippen LogP contribution in [0.4, 0.5) is 0 Å². The van der Waals surface area contributed by atoms with Crippen molar-refractivity contribution in [3.63, 3.8) is 0 Å². The second kappa shape index (κ2) is 9.90. The van der Waals surface area contributed by atoms with Gasteiger partial charge in [-0.05, 0) is 51.4 Å². The van der Waals surface area contributed by atoms with Crippen molar-refractivity contribution >= 4 is 11.8 Å². The molecule has 0 unspecified atom stereocenters. The lowest BCUT2D eigenvalue weighted by molar-refractivity contribution is -0.126. The summed E-state index contributed by atoms with van der Waals surface area (Å²) in [5, 5.41) is 6.03. The summed E-state index contributed by atoms with van der Waals surface area (Å²) < 4.78 is 6.06. The van der Waals surface area contributed by atoms with E-state index in [-0.39, 0.29) is 28.2 Å². The molecule has 0 radical (unpaired) electrons. The molecule has 0 aromatic rings. The first-order chi connectivity index (χ1) is 11.9. The van der Waals surface area contributed by atoms with E-state index in [4.69, 9.17) is 4.74 Å². The molecule has 0 rings (SSSR count). The molecular formula is C22H44N2O3. The summed E-state index contributed by atoms with van der Waals surface area (Å²) >= 11 is 0. The van der Waals surface area contributed by atoms with Crippen LogP contribution in [0.5, 0.6) is 0 Å². The van der Waals surface area contributed by atoms with E-state index in [1.165, 1.54) is 0 Å². The van der Waals surface area contributed by atoms with Crippen LogP contribution in [-0.2, 0) is 14.3 Å². The number of amides is 2. The zero-order chi connectivity index (χ0) is 21.5. The average Bonchev–Trinajstić information content (AvgIpc) is 2.40. The summed E-state index contributed by atoms with van der Waals surface area (Å²) in [6.45, 7) is 21.6. The van der Waals surface area contributed by atoms with Gasteiger partial charge in [0.15, 0.2) is 0 Å². The van der Waals surface area contributed by atoms with Gasteiger partial charge in [-0.2, -0.15) is 0 Å². The van der Waals surface area contributed by atoms with Crippen LogP contribution in [0.15, 0.2) is 0 Å². The maximum Gasteiger partial charge on any atom is 0.220 e. The fraction of sp³-hybridized carbons (Fsp3) is 0.909. The molecule has 0 aliphatic heterocycles. The van der Waals surface area contributed by atoms with Crippen LogP contribution in [0.25, 0.3) is 0 Å². The number of ether oxygens (including phenoxy) is 1. The molecule has 0 aliphatic carbocycles. The van der Waals surface area contributed by atoms with E-state index in [0.717, 1.165) is 12.8 Å². The van der Waals surface area contributed by atoms with E-state index in [0.29, 0.717) is 26.0 Å². The minimum Gasteiger partial charge on any atom is -0.373 e. The van der Waals surface area contributed by atoms with Crippen molar-refractivity contribution in [1.82, 2.24) is 10.6 Å². The Hall–Kier alpha value is -1.10. The number of rotatable bonds is 10. The minimum atomic E-state index is -0.429. The Morgan fingerprint density at radius 1 is 0.778 bits per heavy atom. The van der Waals surface area contributed by atoms with Crippen LogP contribution in [0.2, 0.25) is 0 Å². The Labute approximate surface area is 167 Å². The van der Waals surface area contributed by atoms with Crippen molar-refractivity contribution in [3.05, 3.63) is 0 Å². The second-order valence-corrected chi connectivity index (χ2v) is 11.4. The Morgan fingerprint density at radius 2 is 1.33 bits per heavy atom. The standard InChI is InChI=1S/C22H44N2O3/c1-19(2,3)12-11-17(25)24-21(7,8)16-27-22(9,10)13-14-23-18(26)15-20(4,5)6/h11-16H2,1-10H3,(H,23,26)(H,24,25). The van der Waals surface area contributed by atoms with Gasteiger partial charge in [-0.15, -0.1) is 0 Å². The van der Waals surface area contributed by atoms with Crippen molar-refractivity contribution in [2.75, 3.05) is 13.2 Å². The maximum atomic E-state index is 12.2. The van der Waals surface area contributed by atoms with Crippen LogP contribution in [0, 0.1) is 10.8 Å². The van der Waals surface area contributed by atoms with Crippen molar-refractivity contribution in [3.8, 4) is 0 Å². The molecule has 0 saturated heterocycles. The Morgan fingerprint density at radius 3 is 1.81 bits per heavy atom. The lowest BCUT2D eigenvalue weighted by Crippen LogP contribution is -2.49. The molecule has 27 heavy (non-hydrogen) atoms. The highest BCUT2D eigenvalue weighted by Crippen LogP contribution is 2.21. The Bertz CT molecular complexity index is 483. The summed E-state index contributed by atoms with van der Waals surface area (Å²) in [5.74, 6) is 0.135. The molecule has 2 N–H and O–H groups in total. The van der Waals surface area contributed by atoms with E-state index >= 15 is 0 Å². The van der Waals surface area contributed by atoms with Crippen LogP contribution in [-0.4, -0.2) is 36.1 Å². The third-order valence-electron chi connectivity index (χ3n) is 4.14. The first kappa shape index (κ1) is 25.9. The smallest absolute Gasteiger partial charge is 0.220 e. The molecule has 0 heterocycles. The molecule has 0 saturated carbocycles. The molecule has 0 aromatic carbocycles. The van der Waals surface area contributed by atoms with Crippen molar-refractivity contribution in [2.24, 2.45) is 10.8 Å². The van der Waals surface area contributed by atoms with Crippen molar-refractivity contribution < 1.29 is 14.3 Å². The second-order valence-electron chi connectivity index (χ2n) is 11.4. The largest absolute Gasteiger partial charge is 0.373 e. The number of hydrogen-bond donors (Lipinski definition) is 2. The zero-order valence-corrected chi connectivity index (χ0v) is 19.5. The van der Waals surface area contributed by atoms with Gasteiger partial charge < -0.3 is 15.4 Å². The lowest BCUT2D eigenvalue weighted by atomic mass is 9.90. The molecule has 2 amide bonds. The van der Waals surface area contributed by atoms with Gasteiger partial charge >= 0.3 is 0 Å². The molecule has 160 valence electrons. The van der Waals surface area contributed by atoms with Gasteiger partial charge in [-0.25, -0.2) is 0 Å². The zero-order valence-electron chi connectivity index (χ0n) is 19.5. The van der Waals surface area contributed by atoms with E-state index in [1.54, 1.807) is 0 Å². The molecule has 0 bridgehead atoms. The average molecular weight is 385 g/mol. The topological polar surface area (TPSA) is 67.4 Å². The summed E-state index contributed by atoms with van der Waals surface area (Å²) in [6, 6.07) is 0. The van der Waals surface area contributed by atoms with E-state index in [9.17, 15) is 9.59 Å². The summed E-state index contributed by atoms with van der Waals surface area (Å²) in [5.41, 5.74) is -0.660. The third kappa shape index (κ3) is 15.6. The van der Waals surface area contributed by atoms with Crippen LogP contribution < -0.4 is 10.6 Å². The maximum absolute atomic E-state index is 12.2. The van der Waals surface area contributed by atoms with Gasteiger partial charge in [-0.3, -0.25) is 9.59 Å². The predicted octanol–water partition coefficient (Wildman–Crippen LogP) is 4.45. The number of nitrogens with one attached hydrogen (secondary N) is 2. The molecule has 5 nitrogen and oxygen atoms in total. The Balaban J connectivity index is 4.29. The first-order valence-corrected chi connectivity index (χ1v) is 10.1. The monoisotopic (exact) mass is 384 g/mol. The molecule has 0 aliphatic rings. The van der Waals surface area contributed by atoms with E-state index in [1.807, 2.05) is 27.7 Å². The van der Waals surface area contributed by atoms with Crippen LogP contribution in [0.3, 0.4) is 0 Å². The highest BCUT2D eigenvalue weighted by Gasteiger charge is 2.27. The normalized spacial score (nSPS) is 13.4. The van der Waals surface area contributed by atoms with Gasteiger partial charge in [0.1, 0.15) is 0 Å². The first-order valence-electron chi connectivity index (χ1n) is 10.1. The summed E-state index contributed by atoms with van der Waals surface area (Å²) in [4.78, 5) is 24.1. The van der Waals surface area contributed by atoms with Gasteiger partial charge in [-0.1, -0.05) is 41.5 Å². The van der Waals surface area contributed by atoms with Crippen molar-refractivity contribution in [2.45, 2.75) is 106 Å². The van der Waals surface area contributed by atoms with E-state index in [2.05, 4.69) is 52.2 Å². The SMILES string of the molecule is CC(C)(C)CCC(=O)NC(C)(C)COC(C)(C)CCNC(=O)CC(C)(C)C. The summed E-state index contributed by atoms with van der Waals surface area (Å²) in [6.07, 6.45) is 2.62. The van der Waals surface area contributed by atoms with Crippen LogP contribution >= 0.6 is 0 Å². The predicted molar refractivity (Wildman–Crippen MR) is 113 cm³/mol. The van der Waals surface area contributed by atoms with Crippen LogP contribution in [0.1, 0.15) is 94.9 Å². The minimum absolute atomic E-state index is 0.00861. The molecule has 0 fully saturated rings. The molecule has 0 atom stereocenters. The third-order valence-corrected chi connectivity index (χ3v) is 4.14. The molecule has 0 aromatic heterocycles. The van der Waals surface area contributed by atoms with Crippen molar-refractivity contribution in [1.29, 1.82) is 0 Å². The quantitative estimate of drug-likeness (QED) is 0.585. The molecule has 0 spiro atoms. The highest BCUT2D eigenvalue weighted by atomic mass is 16.5. The number of hydrogen-bond acceptors (Lipinski definition) is 3. The van der Waals surface area contributed by atoms with Gasteiger partial charge in [0.05, 0.1) is 17.7 Å². The fourth-order valence-corrected chi connectivity index (χ4v) is 2.46. The lowest BCUT2D eigenvalue weighted by Gasteiger charge is -2.33. The number of carbonyl (C=O) groups is 2. The highest BCUT2D eigenvalue weighted by molar-refractivity contribution is 5.77. The molecule has 5 heteroatoms. The fourth-order valence-electron chi connectivity index (χ4n) is 2.46. The Kier molecular flexibility index (Phi) is 9.50. The summed E-state index contributed by atoms with van der Waals surface area (Å²) in [7, 11) is 0. The van der Waals surface area contributed by atoms with Gasteiger partial charge in [0.25, 0.3) is 0 Å². The molecular weight excluding hydrogens is 340 g/mol. The van der Waals surface area contributed by atoms with Gasteiger partial charge in [0, 0.05) is 19.4 Å².